The standard InChI is InChI=1S/C25H23NO7.C24H21NO7/c27-16-9-19(28)17-11-18(26-6-5-14-1-3-20-23(7-14)31-12-29-20)25(33-22(17)10-16)15-2-4-21-24(8-15)32-13-30-21;26-15-7-18(27)16-9-17(25-10-13-1-3-19-22(5-13)30-11-28-19)24(32-21(16)8-15)14-2-4-20-23(6-14)31-12-29-20/h1-4,7-10,18,25-28H,5-6,11-13H2;1-8,17,24-27H,9-12H2/t18-,25-;17-,24-/m11/s1. The molecule has 6 aromatic rings. The van der Waals surface area contributed by atoms with Crippen molar-refractivity contribution in [3.8, 4) is 80.5 Å². The third-order valence-electron chi connectivity index (χ3n) is 12.1. The van der Waals surface area contributed by atoms with E-state index < -0.39 is 0 Å². The monoisotopic (exact) mass is 884 g/mol. The third kappa shape index (κ3) is 8.13. The smallest absolute Gasteiger partial charge is 0.231 e. The maximum Gasteiger partial charge on any atom is 0.231 e. The summed E-state index contributed by atoms with van der Waals surface area (Å²) in [5.74, 6) is 6.67. The summed E-state index contributed by atoms with van der Waals surface area (Å²) in [5.41, 5.74) is 5.34. The van der Waals surface area contributed by atoms with Gasteiger partial charge in [0.25, 0.3) is 0 Å². The Labute approximate surface area is 372 Å². The van der Waals surface area contributed by atoms with Crippen LogP contribution in [-0.2, 0) is 25.8 Å². The largest absolute Gasteiger partial charge is 0.508 e. The lowest BCUT2D eigenvalue weighted by atomic mass is 9.91. The number of phenolic OH excluding ortho intramolecular Hbond substituents is 4. The molecular weight excluding hydrogens is 841 g/mol. The molecule has 6 N–H and O–H groups in total. The van der Waals surface area contributed by atoms with Crippen LogP contribution in [0.15, 0.2) is 97.1 Å². The van der Waals surface area contributed by atoms with Crippen molar-refractivity contribution in [2.75, 3.05) is 33.7 Å². The van der Waals surface area contributed by atoms with Crippen molar-refractivity contribution in [3.63, 3.8) is 0 Å². The Morgan fingerprint density at radius 1 is 0.415 bits per heavy atom. The van der Waals surface area contributed by atoms with Gasteiger partial charge < -0.3 is 78.4 Å². The molecule has 4 atom stereocenters. The van der Waals surface area contributed by atoms with E-state index in [0.29, 0.717) is 71.6 Å². The molecule has 0 bridgehead atoms. The molecule has 0 radical (unpaired) electrons. The van der Waals surface area contributed by atoms with Gasteiger partial charge in [-0.2, -0.15) is 0 Å². The highest BCUT2D eigenvalue weighted by Gasteiger charge is 2.36. The van der Waals surface area contributed by atoms with E-state index in [-0.39, 0.29) is 74.5 Å². The van der Waals surface area contributed by atoms with Gasteiger partial charge in [0, 0.05) is 41.9 Å². The normalized spacial score (nSPS) is 19.9. The molecule has 0 spiro atoms. The maximum absolute atomic E-state index is 10.4. The zero-order valence-electron chi connectivity index (χ0n) is 34.8. The number of nitrogens with one attached hydrogen (secondary N) is 2. The summed E-state index contributed by atoms with van der Waals surface area (Å²) in [4.78, 5) is 0. The quantitative estimate of drug-likeness (QED) is 0.0884. The minimum atomic E-state index is -0.368. The number of fused-ring (bicyclic) bond motifs is 6. The second-order valence-corrected chi connectivity index (χ2v) is 16.3. The van der Waals surface area contributed by atoms with Crippen LogP contribution in [0.1, 0.15) is 45.6 Å². The molecule has 0 saturated carbocycles. The second-order valence-electron chi connectivity index (χ2n) is 16.3. The summed E-state index contributed by atoms with van der Waals surface area (Å²) in [7, 11) is 0. The molecule has 0 fully saturated rings. The zero-order chi connectivity index (χ0) is 44.0. The summed E-state index contributed by atoms with van der Waals surface area (Å²) in [6.45, 7) is 2.15. The lowest BCUT2D eigenvalue weighted by Gasteiger charge is -2.35. The molecule has 6 aliphatic rings. The first kappa shape index (κ1) is 40.2. The summed E-state index contributed by atoms with van der Waals surface area (Å²) >= 11 is 0. The van der Waals surface area contributed by atoms with Crippen LogP contribution >= 0.6 is 0 Å². The van der Waals surface area contributed by atoms with Gasteiger partial charge in [0.05, 0.1) is 12.1 Å². The lowest BCUT2D eigenvalue weighted by molar-refractivity contribution is 0.130. The molecule has 0 unspecified atom stereocenters. The molecule has 0 amide bonds. The molecule has 16 nitrogen and oxygen atoms in total. The fraction of sp³-hybridized carbons (Fsp3) is 0.265. The van der Waals surface area contributed by atoms with E-state index in [1.807, 2.05) is 72.8 Å². The molecule has 0 aliphatic carbocycles. The maximum atomic E-state index is 10.4. The van der Waals surface area contributed by atoms with Crippen LogP contribution in [0.5, 0.6) is 80.5 Å². The van der Waals surface area contributed by atoms with Crippen molar-refractivity contribution >= 4 is 0 Å². The first-order chi connectivity index (χ1) is 31.8. The average molecular weight is 885 g/mol. The van der Waals surface area contributed by atoms with E-state index in [1.165, 1.54) is 24.3 Å². The van der Waals surface area contributed by atoms with Crippen LogP contribution in [-0.4, -0.2) is 66.2 Å². The van der Waals surface area contributed by atoms with Crippen LogP contribution in [0.3, 0.4) is 0 Å². The van der Waals surface area contributed by atoms with Crippen molar-refractivity contribution in [3.05, 3.63) is 130 Å². The van der Waals surface area contributed by atoms with Crippen molar-refractivity contribution in [2.45, 2.75) is 50.1 Å². The summed E-state index contributed by atoms with van der Waals surface area (Å²) in [6, 6.07) is 28.8. The molecule has 0 aromatic heterocycles. The highest BCUT2D eigenvalue weighted by molar-refractivity contribution is 5.55. The van der Waals surface area contributed by atoms with Gasteiger partial charge in [-0.15, -0.1) is 0 Å². The Hall–Kier alpha value is -7.56. The number of benzene rings is 6. The van der Waals surface area contributed by atoms with Gasteiger partial charge in [-0.1, -0.05) is 24.3 Å². The Kier molecular flexibility index (Phi) is 10.4. The highest BCUT2D eigenvalue weighted by Crippen LogP contribution is 2.46. The van der Waals surface area contributed by atoms with E-state index in [4.69, 9.17) is 47.4 Å². The molecule has 6 aromatic carbocycles. The Bertz CT molecular complexity index is 2780. The number of rotatable bonds is 9. The van der Waals surface area contributed by atoms with Crippen molar-refractivity contribution in [2.24, 2.45) is 0 Å². The number of hydrogen-bond donors (Lipinski definition) is 6. The molecule has 334 valence electrons. The Morgan fingerprint density at radius 3 is 1.34 bits per heavy atom. The zero-order valence-corrected chi connectivity index (χ0v) is 34.8. The van der Waals surface area contributed by atoms with E-state index >= 15 is 0 Å². The molecule has 65 heavy (non-hydrogen) atoms. The molecule has 16 heteroatoms. The first-order valence-corrected chi connectivity index (χ1v) is 21.2. The minimum Gasteiger partial charge on any atom is -0.508 e. The van der Waals surface area contributed by atoms with E-state index in [0.717, 1.165) is 51.7 Å². The summed E-state index contributed by atoms with van der Waals surface area (Å²) in [5, 5.41) is 47.8. The number of ether oxygens (including phenoxy) is 10. The SMILES string of the molecule is Oc1cc(O)c2c(c1)O[C@H](c1ccc3c(c1)OCO3)[C@H](NCCc1ccc3c(c1)OCO3)C2.Oc1cc(O)c2c(c1)O[C@H](c1ccc3c(c1)OCO3)[C@H](NCc1ccc3c(c1)OCO3)C2. The van der Waals surface area contributed by atoms with Crippen LogP contribution in [0, 0.1) is 0 Å². The fourth-order valence-electron chi connectivity index (χ4n) is 8.88. The molecule has 0 saturated heterocycles. The first-order valence-electron chi connectivity index (χ1n) is 21.2. The average Bonchev–Trinajstić information content (AvgIpc) is 4.15. The van der Waals surface area contributed by atoms with Crippen LogP contribution < -0.4 is 58.0 Å². The van der Waals surface area contributed by atoms with Crippen LogP contribution in [0.2, 0.25) is 0 Å². The minimum absolute atomic E-state index is 0.0130. The van der Waals surface area contributed by atoms with Gasteiger partial charge in [-0.3, -0.25) is 0 Å². The summed E-state index contributed by atoms with van der Waals surface area (Å²) in [6.07, 6.45) is 1.14. The van der Waals surface area contributed by atoms with E-state index in [9.17, 15) is 20.4 Å². The molecule has 6 aliphatic heterocycles. The predicted molar refractivity (Wildman–Crippen MR) is 230 cm³/mol. The Morgan fingerprint density at radius 2 is 0.831 bits per heavy atom. The molecular formula is C49H44N2O14. The fourth-order valence-corrected chi connectivity index (χ4v) is 8.88. The van der Waals surface area contributed by atoms with Crippen LogP contribution in [0.25, 0.3) is 0 Å². The van der Waals surface area contributed by atoms with Gasteiger partial charge in [-0.25, -0.2) is 0 Å². The number of phenols is 4. The second kappa shape index (κ2) is 16.9. The van der Waals surface area contributed by atoms with Gasteiger partial charge >= 0.3 is 0 Å². The van der Waals surface area contributed by atoms with Gasteiger partial charge in [-0.05, 0) is 96.6 Å². The van der Waals surface area contributed by atoms with Gasteiger partial charge in [0.1, 0.15) is 46.7 Å². The van der Waals surface area contributed by atoms with Crippen molar-refractivity contribution in [1.82, 2.24) is 10.6 Å². The molecule has 6 heterocycles. The lowest BCUT2D eigenvalue weighted by Crippen LogP contribution is -2.42. The van der Waals surface area contributed by atoms with E-state index in [1.54, 1.807) is 0 Å². The van der Waals surface area contributed by atoms with Crippen molar-refractivity contribution < 1.29 is 67.8 Å². The summed E-state index contributed by atoms with van der Waals surface area (Å²) < 4.78 is 56.3. The highest BCUT2D eigenvalue weighted by atomic mass is 16.7. The number of aromatic hydroxyl groups is 4. The Balaban J connectivity index is 0.000000144. The topological polar surface area (TPSA) is 197 Å². The van der Waals surface area contributed by atoms with Crippen LogP contribution in [0.4, 0.5) is 0 Å². The van der Waals surface area contributed by atoms with E-state index in [2.05, 4.69) is 10.6 Å². The van der Waals surface area contributed by atoms with Gasteiger partial charge in [0.2, 0.25) is 27.2 Å². The third-order valence-corrected chi connectivity index (χ3v) is 12.1. The van der Waals surface area contributed by atoms with Gasteiger partial charge in [0.15, 0.2) is 46.0 Å². The number of hydrogen-bond acceptors (Lipinski definition) is 16. The molecule has 12 rings (SSSR count). The predicted octanol–water partition coefficient (Wildman–Crippen LogP) is 6.82. The van der Waals surface area contributed by atoms with Crippen molar-refractivity contribution in [1.29, 1.82) is 0 Å².